The number of aliphatic hydroxyl groups is 1. The maximum atomic E-state index is 16.3. The molecule has 5 atom stereocenters. The summed E-state index contributed by atoms with van der Waals surface area (Å²) in [5.74, 6) is -3.33. The van der Waals surface area contributed by atoms with Gasteiger partial charge in [0.2, 0.25) is 17.6 Å². The van der Waals surface area contributed by atoms with Crippen molar-refractivity contribution >= 4 is 31.9 Å². The van der Waals surface area contributed by atoms with E-state index in [1.165, 1.54) is 26.0 Å². The Hall–Kier alpha value is -3.32. The van der Waals surface area contributed by atoms with Gasteiger partial charge in [0.1, 0.15) is 35.9 Å². The van der Waals surface area contributed by atoms with Gasteiger partial charge in [-0.15, -0.1) is 0 Å². The van der Waals surface area contributed by atoms with Gasteiger partial charge in [0.25, 0.3) is 0 Å². The molecule has 0 amide bonds. The Bertz CT molecular complexity index is 1190. The van der Waals surface area contributed by atoms with Crippen LogP contribution < -0.4 is 15.3 Å². The van der Waals surface area contributed by atoms with Gasteiger partial charge >= 0.3 is 13.7 Å². The number of rotatable bonds is 14. The van der Waals surface area contributed by atoms with Gasteiger partial charge in [-0.1, -0.05) is 38.6 Å². The number of para-hydroxylation sites is 1. The standard InChI is InChI=1S/C27H42FN6O7P/c1-8-21(9-2)40-25(36)19(5)33-42(37,41-22-14-12-11-13-15-22)39-16-23(35)27(7,28)34-17-30-18(4)24(38-10-3)32-26(29)31-20(34)6/h11-15,17,19-21,23,35H,4,8-10,16H2,1-3,5-7H3,(H2,29,31)(H,33,37)/b30-17?,32-24+/t19?,20?,23-,27+,42?/m1/s1. The summed E-state index contributed by atoms with van der Waals surface area (Å²) < 4.78 is 52.0. The molecular formula is C27H42FN6O7P. The Morgan fingerprint density at radius 3 is 2.52 bits per heavy atom. The van der Waals surface area contributed by atoms with E-state index in [1.54, 1.807) is 25.1 Å². The first-order valence-corrected chi connectivity index (χ1v) is 15.2. The van der Waals surface area contributed by atoms with Crippen LogP contribution >= 0.6 is 7.75 Å². The summed E-state index contributed by atoms with van der Waals surface area (Å²) in [5.41, 5.74) is 5.94. The maximum absolute atomic E-state index is 16.3. The van der Waals surface area contributed by atoms with E-state index >= 15 is 4.39 Å². The number of alkyl halides is 1. The minimum Gasteiger partial charge on any atom is -0.476 e. The number of hydrogen-bond donors (Lipinski definition) is 3. The predicted octanol–water partition coefficient (Wildman–Crippen LogP) is 3.90. The van der Waals surface area contributed by atoms with E-state index in [0.29, 0.717) is 12.8 Å². The fourth-order valence-electron chi connectivity index (χ4n) is 3.68. The van der Waals surface area contributed by atoms with Crippen LogP contribution in [0.1, 0.15) is 54.4 Å². The smallest absolute Gasteiger partial charge is 0.459 e. The molecule has 0 radical (unpaired) electrons. The Morgan fingerprint density at radius 1 is 1.29 bits per heavy atom. The number of ether oxygens (including phenoxy) is 2. The quantitative estimate of drug-likeness (QED) is 0.159. The Balaban J connectivity index is 2.27. The summed E-state index contributed by atoms with van der Waals surface area (Å²) in [4.78, 5) is 25.9. The fraction of sp³-hybridized carbons (Fsp3) is 0.556. The van der Waals surface area contributed by atoms with Crippen molar-refractivity contribution < 1.29 is 37.4 Å². The number of carbonyl (C=O) groups is 1. The molecule has 0 saturated carbocycles. The molecule has 15 heteroatoms. The molecule has 0 fully saturated rings. The summed E-state index contributed by atoms with van der Waals surface area (Å²) in [6.07, 6.45) is -0.955. The van der Waals surface area contributed by atoms with E-state index in [0.717, 1.165) is 18.2 Å². The molecule has 0 saturated heterocycles. The highest BCUT2D eigenvalue weighted by Gasteiger charge is 2.43. The van der Waals surface area contributed by atoms with Gasteiger partial charge in [-0.05, 0) is 52.7 Å². The molecular weight excluding hydrogens is 570 g/mol. The number of nitrogens with zero attached hydrogens (tertiary/aromatic N) is 4. The van der Waals surface area contributed by atoms with Gasteiger partial charge < -0.3 is 29.7 Å². The second-order valence-electron chi connectivity index (χ2n) is 9.53. The van der Waals surface area contributed by atoms with Gasteiger partial charge in [-0.25, -0.2) is 18.9 Å². The highest BCUT2D eigenvalue weighted by Crippen LogP contribution is 2.45. The number of aliphatic hydroxyl groups excluding tert-OH is 1. The molecule has 0 bridgehead atoms. The normalized spacial score (nSPS) is 22.6. The third-order valence-electron chi connectivity index (χ3n) is 6.19. The molecule has 4 N–H and O–H groups in total. The number of hydrogen-bond acceptors (Lipinski definition) is 12. The summed E-state index contributed by atoms with van der Waals surface area (Å²) in [6, 6.07) is 6.93. The average molecular weight is 613 g/mol. The lowest BCUT2D eigenvalue weighted by Gasteiger charge is -2.39. The van der Waals surface area contributed by atoms with Crippen molar-refractivity contribution in [1.82, 2.24) is 9.99 Å². The van der Waals surface area contributed by atoms with Gasteiger partial charge in [0.05, 0.1) is 19.6 Å². The van der Waals surface area contributed by atoms with E-state index < -0.39 is 44.4 Å². The van der Waals surface area contributed by atoms with Gasteiger partial charge in [-0.2, -0.15) is 10.1 Å². The van der Waals surface area contributed by atoms with Gasteiger partial charge in [0.15, 0.2) is 0 Å². The zero-order chi connectivity index (χ0) is 31.5. The van der Waals surface area contributed by atoms with E-state index in [1.807, 2.05) is 13.8 Å². The van der Waals surface area contributed by atoms with Crippen LogP contribution in [-0.2, 0) is 23.4 Å². The highest BCUT2D eigenvalue weighted by molar-refractivity contribution is 7.52. The van der Waals surface area contributed by atoms with Crippen LogP contribution in [0, 0.1) is 0 Å². The van der Waals surface area contributed by atoms with Gasteiger partial charge in [-0.3, -0.25) is 9.32 Å². The molecule has 1 heterocycles. The number of halogens is 1. The van der Waals surface area contributed by atoms with Crippen LogP contribution in [0.15, 0.2) is 57.6 Å². The first kappa shape index (κ1) is 34.9. The maximum Gasteiger partial charge on any atom is 0.459 e. The Morgan fingerprint density at radius 2 is 1.93 bits per heavy atom. The minimum atomic E-state index is -4.37. The lowest BCUT2D eigenvalue weighted by molar-refractivity contribution is -0.151. The SMILES string of the molecule is C=C1N=CN([C@](C)(F)[C@H](O)COP(=O)(NC(C)C(=O)OC(CC)CC)Oc2ccccc2)C(C)/N=C(N)\N=C/1OCC. The molecule has 0 aliphatic carbocycles. The lowest BCUT2D eigenvalue weighted by atomic mass is 10.1. The van der Waals surface area contributed by atoms with Gasteiger partial charge in [0, 0.05) is 0 Å². The number of esters is 1. The number of guanidine groups is 1. The summed E-state index contributed by atoms with van der Waals surface area (Å²) in [5, 5.41) is 13.5. The van der Waals surface area contributed by atoms with Crippen LogP contribution in [0.3, 0.4) is 0 Å². The van der Waals surface area contributed by atoms with E-state index in [2.05, 4.69) is 26.6 Å². The first-order chi connectivity index (χ1) is 19.8. The molecule has 3 unspecified atom stereocenters. The zero-order valence-electron chi connectivity index (χ0n) is 24.9. The van der Waals surface area contributed by atoms with Crippen molar-refractivity contribution in [2.24, 2.45) is 20.7 Å². The molecule has 42 heavy (non-hydrogen) atoms. The summed E-state index contributed by atoms with van der Waals surface area (Å²) in [7, 11) is -4.37. The van der Waals surface area contributed by atoms with E-state index in [-0.39, 0.29) is 36.0 Å². The molecule has 2 rings (SSSR count). The Labute approximate surface area is 246 Å². The second-order valence-corrected chi connectivity index (χ2v) is 11.2. The molecule has 1 aromatic rings. The van der Waals surface area contributed by atoms with Crippen LogP contribution in [0.25, 0.3) is 0 Å². The van der Waals surface area contributed by atoms with Crippen LogP contribution in [0.4, 0.5) is 4.39 Å². The van der Waals surface area contributed by atoms with Crippen molar-refractivity contribution in [3.8, 4) is 5.75 Å². The van der Waals surface area contributed by atoms with Crippen molar-refractivity contribution in [2.75, 3.05) is 13.2 Å². The monoisotopic (exact) mass is 612 g/mol. The molecule has 0 spiro atoms. The van der Waals surface area contributed by atoms with E-state index in [9.17, 15) is 14.5 Å². The van der Waals surface area contributed by atoms with Crippen molar-refractivity contribution in [3.63, 3.8) is 0 Å². The van der Waals surface area contributed by atoms with E-state index in [4.69, 9.17) is 24.3 Å². The fourth-order valence-corrected chi connectivity index (χ4v) is 5.18. The summed E-state index contributed by atoms with van der Waals surface area (Å²) >= 11 is 0. The number of nitrogens with two attached hydrogens (primary N) is 1. The minimum absolute atomic E-state index is 0.00964. The second kappa shape index (κ2) is 15.8. The lowest BCUT2D eigenvalue weighted by Crippen LogP contribution is -2.55. The first-order valence-electron chi connectivity index (χ1n) is 13.7. The highest BCUT2D eigenvalue weighted by atomic mass is 31.2. The number of nitrogens with one attached hydrogen (secondary N) is 1. The molecule has 0 aromatic heterocycles. The molecule has 1 aliphatic heterocycles. The third kappa shape index (κ3) is 9.90. The average Bonchev–Trinajstić information content (AvgIpc) is 2.98. The Kier molecular flexibility index (Phi) is 13.1. The topological polar surface area (TPSA) is 170 Å². The molecule has 13 nitrogen and oxygen atoms in total. The largest absolute Gasteiger partial charge is 0.476 e. The number of benzene rings is 1. The molecule has 1 aliphatic rings. The van der Waals surface area contributed by atoms with Crippen molar-refractivity contribution in [2.45, 2.75) is 84.6 Å². The van der Waals surface area contributed by atoms with Crippen LogP contribution in [0.5, 0.6) is 5.75 Å². The van der Waals surface area contributed by atoms with Crippen LogP contribution in [-0.4, -0.2) is 77.6 Å². The molecule has 1 aromatic carbocycles. The van der Waals surface area contributed by atoms with Crippen molar-refractivity contribution in [1.29, 1.82) is 0 Å². The van der Waals surface area contributed by atoms with Crippen LogP contribution in [0.2, 0.25) is 0 Å². The third-order valence-corrected chi connectivity index (χ3v) is 7.83. The summed E-state index contributed by atoms with van der Waals surface area (Å²) in [6.45, 7) is 12.7. The zero-order valence-corrected chi connectivity index (χ0v) is 25.8. The number of aliphatic imine (C=N–C) groups is 3. The van der Waals surface area contributed by atoms with Crippen molar-refractivity contribution in [3.05, 3.63) is 42.6 Å². The number of carbonyl (C=O) groups excluding carboxylic acids is 1. The molecule has 234 valence electrons. The predicted molar refractivity (Wildman–Crippen MR) is 159 cm³/mol.